The fourth-order valence-corrected chi connectivity index (χ4v) is 9.73. The number of hydrogen-bond acceptors (Lipinski definition) is 0. The third kappa shape index (κ3) is 13.6. The van der Waals surface area contributed by atoms with E-state index >= 15 is 0 Å². The van der Waals surface area contributed by atoms with Crippen LogP contribution < -0.4 is 0 Å². The second kappa shape index (κ2) is 20.1. The molecule has 360 valence electrons. The normalized spacial score (nSPS) is 11.9. The summed E-state index contributed by atoms with van der Waals surface area (Å²) in [5, 5.41) is 0. The van der Waals surface area contributed by atoms with Crippen molar-refractivity contribution in [2.45, 2.75) is 137 Å². The topological polar surface area (TPSA) is 0 Å². The van der Waals surface area contributed by atoms with Crippen LogP contribution in [0.1, 0.15) is 129 Å². The number of hydrogen-bond donors (Lipinski definition) is 0. The highest BCUT2D eigenvalue weighted by atomic mass is 28.3. The van der Waals surface area contributed by atoms with E-state index in [2.05, 4.69) is 300 Å². The van der Waals surface area contributed by atoms with Gasteiger partial charge in [-0.2, -0.15) is 0 Å². The van der Waals surface area contributed by atoms with Crippen LogP contribution in [-0.2, 0) is 16.2 Å². The molecule has 0 saturated carbocycles. The Morgan fingerprint density at radius 2 is 0.444 bits per heavy atom. The van der Waals surface area contributed by atoms with Gasteiger partial charge in [0.1, 0.15) is 24.2 Å². The van der Waals surface area contributed by atoms with E-state index in [1.807, 2.05) is 0 Å². The minimum absolute atomic E-state index is 0.000649. The first-order valence-electron chi connectivity index (χ1n) is 25.4. The van der Waals surface area contributed by atoms with Gasteiger partial charge in [-0.15, -0.1) is 16.6 Å². The SMILES string of the molecule is CC(C)(C)c1ccc2c(C#Cc3cc(C#Cc4cc(C#C[Si](C)(C)C)c5ccc(C(C)(C)C)ccc4-5)cc(C#Cc4cc(C#C[Si](C)(C)C)c5ccc(C(C)(C)C)ccc4-5)c3)cc(C#C[Si](C)(C)C)c-2cc1. The minimum atomic E-state index is -1.64. The van der Waals surface area contributed by atoms with Crippen molar-refractivity contribution < 1.29 is 0 Å². The summed E-state index contributed by atoms with van der Waals surface area (Å²) in [6, 6.07) is 39.7. The molecule has 0 nitrogen and oxygen atoms in total. The van der Waals surface area contributed by atoms with Crippen molar-refractivity contribution in [2.24, 2.45) is 0 Å². The molecule has 3 heteroatoms. The first kappa shape index (κ1) is 53.1. The summed E-state index contributed by atoms with van der Waals surface area (Å²) in [5.74, 6) is 32.4. The fraction of sp³-hybridized carbons (Fsp3) is 0.304. The molecule has 0 atom stereocenters. The molecular formula is C69H72Si3. The Bertz CT molecular complexity index is 3150. The molecule has 0 radical (unpaired) electrons. The van der Waals surface area contributed by atoms with Crippen LogP contribution in [0.15, 0.2) is 109 Å². The van der Waals surface area contributed by atoms with Crippen LogP contribution in [-0.4, -0.2) is 24.2 Å². The standard InChI is InChI=1S/C69H72Si3/c1-67(2,3)58-25-31-61-52(46-55(64(61)34-28-58)37-40-70(10,11)12)22-19-49-43-50(20-23-53-47-56(38-41-71(13,14)15)65-35-29-59(68(4,5)6)26-32-62(53)65)45-51(44-49)21-24-54-48-57(39-42-72(16,17)18)66-36-30-60(69(7,8)9)27-33-63(54)66/h25-36,43-48H,1-18H3. The largest absolute Gasteiger partial charge is 0.129 e. The molecular weight excluding hydrogens is 913 g/mol. The second-order valence-corrected chi connectivity index (χ2v) is 39.8. The van der Waals surface area contributed by atoms with Crippen LogP contribution in [0.5, 0.6) is 0 Å². The van der Waals surface area contributed by atoms with Crippen LogP contribution in [0.25, 0.3) is 33.4 Å². The van der Waals surface area contributed by atoms with Gasteiger partial charge in [0.05, 0.1) is 0 Å². The van der Waals surface area contributed by atoms with Crippen molar-refractivity contribution >= 4 is 24.2 Å². The van der Waals surface area contributed by atoms with Gasteiger partial charge in [-0.05, 0) is 103 Å². The lowest BCUT2D eigenvalue weighted by atomic mass is 9.88. The number of rotatable bonds is 0. The van der Waals surface area contributed by atoms with Gasteiger partial charge in [0.2, 0.25) is 0 Å². The summed E-state index contributed by atoms with van der Waals surface area (Å²) in [7, 11) is -4.93. The Balaban J connectivity index is 1.43. The lowest BCUT2D eigenvalue weighted by Crippen LogP contribution is -2.16. The first-order valence-corrected chi connectivity index (χ1v) is 35.9. The molecule has 6 aliphatic carbocycles. The molecule has 0 unspecified atom stereocenters. The van der Waals surface area contributed by atoms with E-state index in [0.29, 0.717) is 0 Å². The molecule has 6 aliphatic rings. The van der Waals surface area contributed by atoms with Gasteiger partial charge in [0, 0.05) is 50.1 Å². The number of benzene rings is 1. The van der Waals surface area contributed by atoms with Crippen LogP contribution in [0, 0.1) is 69.9 Å². The van der Waals surface area contributed by atoms with Gasteiger partial charge < -0.3 is 0 Å². The first-order chi connectivity index (χ1) is 33.4. The molecule has 0 heterocycles. The van der Waals surface area contributed by atoms with Crippen LogP contribution >= 0.6 is 0 Å². The molecule has 0 bridgehead atoms. The lowest BCUT2D eigenvalue weighted by Gasteiger charge is -2.17. The van der Waals surface area contributed by atoms with E-state index in [0.717, 1.165) is 83.5 Å². The molecule has 0 fully saturated rings. The van der Waals surface area contributed by atoms with Crippen molar-refractivity contribution in [3.05, 3.63) is 176 Å². The van der Waals surface area contributed by atoms with E-state index in [-0.39, 0.29) is 16.2 Å². The van der Waals surface area contributed by atoms with E-state index < -0.39 is 24.2 Å². The molecule has 0 saturated heterocycles. The van der Waals surface area contributed by atoms with E-state index in [9.17, 15) is 0 Å². The highest BCUT2D eigenvalue weighted by Gasteiger charge is 2.21. The maximum Gasteiger partial charge on any atom is 0.129 e. The molecule has 1 aromatic rings. The van der Waals surface area contributed by atoms with E-state index in [4.69, 9.17) is 0 Å². The Kier molecular flexibility index (Phi) is 14.8. The summed E-state index contributed by atoms with van der Waals surface area (Å²) in [5.41, 5.74) is 29.8. The third-order valence-corrected chi connectivity index (χ3v) is 15.0. The average molecular weight is 986 g/mol. The second-order valence-electron chi connectivity index (χ2n) is 25.6. The Labute approximate surface area is 438 Å². The van der Waals surface area contributed by atoms with Crippen molar-refractivity contribution in [1.29, 1.82) is 0 Å². The van der Waals surface area contributed by atoms with Crippen LogP contribution in [0.2, 0.25) is 58.9 Å². The summed E-state index contributed by atoms with van der Waals surface area (Å²) in [6.07, 6.45) is 0. The van der Waals surface area contributed by atoms with Crippen LogP contribution in [0.4, 0.5) is 0 Å². The smallest absolute Gasteiger partial charge is 0.127 e. The quantitative estimate of drug-likeness (QED) is 0.105. The Hall–Kier alpha value is -6.67. The molecule has 0 aromatic heterocycles. The van der Waals surface area contributed by atoms with Gasteiger partial charge in [-0.3, -0.25) is 0 Å². The predicted molar refractivity (Wildman–Crippen MR) is 320 cm³/mol. The zero-order valence-corrected chi connectivity index (χ0v) is 49.4. The maximum absolute atomic E-state index is 3.62. The van der Waals surface area contributed by atoms with Crippen LogP contribution in [0.3, 0.4) is 0 Å². The molecule has 72 heavy (non-hydrogen) atoms. The Morgan fingerprint density at radius 3 is 0.625 bits per heavy atom. The van der Waals surface area contributed by atoms with Crippen molar-refractivity contribution in [2.75, 3.05) is 0 Å². The van der Waals surface area contributed by atoms with E-state index in [1.165, 1.54) is 16.7 Å². The molecule has 0 spiro atoms. The zero-order chi connectivity index (χ0) is 52.6. The van der Waals surface area contributed by atoms with Crippen molar-refractivity contribution in [3.8, 4) is 103 Å². The highest BCUT2D eigenvalue weighted by molar-refractivity contribution is 6.84. The lowest BCUT2D eigenvalue weighted by molar-refractivity contribution is 0.590. The minimum Gasteiger partial charge on any atom is -0.127 e. The van der Waals surface area contributed by atoms with E-state index in [1.54, 1.807) is 0 Å². The molecule has 0 amide bonds. The van der Waals surface area contributed by atoms with Gasteiger partial charge in [0.15, 0.2) is 0 Å². The predicted octanol–water partition coefficient (Wildman–Crippen LogP) is 16.8. The van der Waals surface area contributed by atoms with Gasteiger partial charge in [-0.1, -0.05) is 247 Å². The Morgan fingerprint density at radius 1 is 0.250 bits per heavy atom. The maximum atomic E-state index is 3.62. The summed E-state index contributed by atoms with van der Waals surface area (Å²) in [6.45, 7) is 40.9. The highest BCUT2D eigenvalue weighted by Crippen LogP contribution is 2.37. The molecule has 1 aromatic carbocycles. The summed E-state index contributed by atoms with van der Waals surface area (Å²) < 4.78 is 0. The van der Waals surface area contributed by atoms with Gasteiger partial charge >= 0.3 is 0 Å². The zero-order valence-electron chi connectivity index (χ0n) is 46.4. The fourth-order valence-electron chi connectivity index (χ4n) is 8.20. The van der Waals surface area contributed by atoms with Gasteiger partial charge in [0.25, 0.3) is 0 Å². The average Bonchev–Trinajstić information content (AvgIpc) is 3.60. The number of fused-ring (bicyclic) bond motifs is 3. The molecule has 7 rings (SSSR count). The summed E-state index contributed by atoms with van der Waals surface area (Å²) >= 11 is 0. The van der Waals surface area contributed by atoms with Crippen molar-refractivity contribution in [1.82, 2.24) is 0 Å². The monoisotopic (exact) mass is 984 g/mol. The van der Waals surface area contributed by atoms with Gasteiger partial charge in [-0.25, -0.2) is 0 Å². The third-order valence-electron chi connectivity index (χ3n) is 12.3. The molecule has 0 N–H and O–H groups in total. The summed E-state index contributed by atoms with van der Waals surface area (Å²) in [4.78, 5) is 0. The molecule has 0 aliphatic heterocycles. The van der Waals surface area contributed by atoms with Crippen molar-refractivity contribution in [3.63, 3.8) is 0 Å².